The molecule has 2 heterocycles. The van der Waals surface area contributed by atoms with Crippen molar-refractivity contribution in [1.29, 1.82) is 0 Å². The van der Waals surface area contributed by atoms with Crippen LogP contribution in [-0.2, 0) is 9.59 Å². The van der Waals surface area contributed by atoms with Crippen molar-refractivity contribution in [3.05, 3.63) is 51.7 Å². The predicted octanol–water partition coefficient (Wildman–Crippen LogP) is 4.66. The third-order valence-corrected chi connectivity index (χ3v) is 5.49. The van der Waals surface area contributed by atoms with Gasteiger partial charge in [-0.2, -0.15) is 0 Å². The maximum atomic E-state index is 12.8. The first-order chi connectivity index (χ1) is 13.4. The molecule has 1 N–H and O–H groups in total. The predicted molar refractivity (Wildman–Crippen MR) is 105 cm³/mol. The molecule has 1 aromatic heterocycles. The highest BCUT2D eigenvalue weighted by atomic mass is 35.5. The normalized spacial score (nSPS) is 19.6. The Balaban J connectivity index is 1.65. The molecule has 144 valence electrons. The number of halogens is 2. The monoisotopic (exact) mass is 418 g/mol. The van der Waals surface area contributed by atoms with Crippen LogP contribution in [0.5, 0.6) is 0 Å². The third-order valence-electron chi connectivity index (χ3n) is 4.93. The van der Waals surface area contributed by atoms with Crippen LogP contribution in [0.25, 0.3) is 17.4 Å². The Labute approximate surface area is 171 Å². The summed E-state index contributed by atoms with van der Waals surface area (Å²) in [7, 11) is 0. The quantitative estimate of drug-likeness (QED) is 0.580. The molecule has 0 unspecified atom stereocenters. The Morgan fingerprint density at radius 3 is 2.57 bits per heavy atom. The third kappa shape index (κ3) is 3.45. The van der Waals surface area contributed by atoms with E-state index in [1.165, 1.54) is 6.08 Å². The van der Waals surface area contributed by atoms with E-state index in [1.807, 2.05) is 0 Å². The van der Waals surface area contributed by atoms with Gasteiger partial charge in [-0.15, -0.1) is 0 Å². The highest BCUT2D eigenvalue weighted by molar-refractivity contribution is 6.35. The summed E-state index contributed by atoms with van der Waals surface area (Å²) in [5, 5.41) is 3.20. The molecule has 2 aromatic rings. The Hall–Kier alpha value is -2.57. The lowest BCUT2D eigenvalue weighted by molar-refractivity contribution is -0.131. The number of carbonyl (C=O) groups is 3. The first kappa shape index (κ1) is 18.8. The fourth-order valence-electron chi connectivity index (χ4n) is 3.57. The van der Waals surface area contributed by atoms with Crippen molar-refractivity contribution in [1.82, 2.24) is 10.2 Å². The molecule has 1 saturated carbocycles. The van der Waals surface area contributed by atoms with E-state index in [0.717, 1.165) is 30.6 Å². The van der Waals surface area contributed by atoms with E-state index in [1.54, 1.807) is 30.3 Å². The van der Waals surface area contributed by atoms with Gasteiger partial charge in [-0.3, -0.25) is 19.8 Å². The summed E-state index contributed by atoms with van der Waals surface area (Å²) in [6.07, 6.45) is 4.75. The number of barbiturate groups is 1. The second-order valence-electron chi connectivity index (χ2n) is 6.76. The minimum absolute atomic E-state index is 0.135. The van der Waals surface area contributed by atoms with Crippen molar-refractivity contribution in [3.63, 3.8) is 0 Å². The van der Waals surface area contributed by atoms with Gasteiger partial charge in [-0.05, 0) is 49.2 Å². The number of hydrogen-bond donors (Lipinski definition) is 1. The Morgan fingerprint density at radius 1 is 1.07 bits per heavy atom. The maximum Gasteiger partial charge on any atom is 0.331 e. The van der Waals surface area contributed by atoms with Gasteiger partial charge in [-0.1, -0.05) is 36.0 Å². The van der Waals surface area contributed by atoms with E-state index < -0.39 is 17.8 Å². The molecule has 0 bridgehead atoms. The number of nitrogens with zero attached hydrogens (tertiary/aromatic N) is 1. The molecule has 1 aliphatic heterocycles. The molecule has 1 aromatic carbocycles. The largest absolute Gasteiger partial charge is 0.457 e. The molecule has 0 spiro atoms. The molecule has 2 aliphatic rings. The minimum Gasteiger partial charge on any atom is -0.457 e. The summed E-state index contributed by atoms with van der Waals surface area (Å²) < 4.78 is 5.74. The number of urea groups is 1. The average molecular weight is 419 g/mol. The van der Waals surface area contributed by atoms with Crippen LogP contribution in [0, 0.1) is 0 Å². The molecule has 1 saturated heterocycles. The van der Waals surface area contributed by atoms with E-state index >= 15 is 0 Å². The van der Waals surface area contributed by atoms with Crippen LogP contribution in [0.4, 0.5) is 4.79 Å². The number of amides is 4. The Bertz CT molecular complexity index is 1010. The Morgan fingerprint density at radius 2 is 1.82 bits per heavy atom. The molecule has 6 nitrogen and oxygen atoms in total. The van der Waals surface area contributed by atoms with E-state index in [4.69, 9.17) is 27.6 Å². The standard InChI is InChI=1S/C20H16Cl2N2O4/c21-11-5-7-16(22)14(9-11)17-8-6-13(28-17)10-15-18(25)23-20(27)24(19(15)26)12-3-1-2-4-12/h5-10,12H,1-4H2,(H,23,25,27)/b15-10-. The summed E-state index contributed by atoms with van der Waals surface area (Å²) in [4.78, 5) is 38.3. The lowest BCUT2D eigenvalue weighted by Gasteiger charge is -2.30. The molecule has 4 rings (SSSR count). The maximum absolute atomic E-state index is 12.8. The number of benzene rings is 1. The van der Waals surface area contributed by atoms with Gasteiger partial charge in [0.2, 0.25) is 0 Å². The summed E-state index contributed by atoms with van der Waals surface area (Å²) in [6, 6.07) is 7.44. The highest BCUT2D eigenvalue weighted by Gasteiger charge is 2.40. The van der Waals surface area contributed by atoms with Crippen LogP contribution in [0.2, 0.25) is 10.0 Å². The number of furan rings is 1. The molecule has 4 amide bonds. The van der Waals surface area contributed by atoms with Gasteiger partial charge in [0.1, 0.15) is 17.1 Å². The van der Waals surface area contributed by atoms with Crippen molar-refractivity contribution in [3.8, 4) is 11.3 Å². The van der Waals surface area contributed by atoms with Gasteiger partial charge in [-0.25, -0.2) is 4.79 Å². The fourth-order valence-corrected chi connectivity index (χ4v) is 3.95. The van der Waals surface area contributed by atoms with Gasteiger partial charge >= 0.3 is 6.03 Å². The molecule has 2 fully saturated rings. The molecule has 1 aliphatic carbocycles. The molecule has 0 radical (unpaired) electrons. The van der Waals surface area contributed by atoms with Crippen molar-refractivity contribution < 1.29 is 18.8 Å². The van der Waals surface area contributed by atoms with E-state index in [-0.39, 0.29) is 11.6 Å². The van der Waals surface area contributed by atoms with E-state index in [0.29, 0.717) is 27.1 Å². The second kappa shape index (κ2) is 7.45. The molecule has 8 heteroatoms. The summed E-state index contributed by atoms with van der Waals surface area (Å²) in [5.74, 6) is -0.584. The number of hydrogen-bond acceptors (Lipinski definition) is 4. The lowest BCUT2D eigenvalue weighted by Crippen LogP contribution is -2.57. The topological polar surface area (TPSA) is 79.6 Å². The van der Waals surface area contributed by atoms with Gasteiger partial charge in [0.15, 0.2) is 0 Å². The van der Waals surface area contributed by atoms with Crippen LogP contribution >= 0.6 is 23.2 Å². The number of imide groups is 2. The van der Waals surface area contributed by atoms with Crippen molar-refractivity contribution in [2.24, 2.45) is 0 Å². The first-order valence-corrected chi connectivity index (χ1v) is 9.65. The Kier molecular flexibility index (Phi) is 5.00. The van der Waals surface area contributed by atoms with Gasteiger partial charge < -0.3 is 4.42 Å². The molecule has 28 heavy (non-hydrogen) atoms. The first-order valence-electron chi connectivity index (χ1n) is 8.90. The molecule has 0 atom stereocenters. The van der Waals surface area contributed by atoms with Crippen molar-refractivity contribution in [2.45, 2.75) is 31.7 Å². The molecular weight excluding hydrogens is 403 g/mol. The van der Waals surface area contributed by atoms with E-state index in [9.17, 15) is 14.4 Å². The van der Waals surface area contributed by atoms with Crippen LogP contribution < -0.4 is 5.32 Å². The zero-order chi connectivity index (χ0) is 19.8. The number of nitrogens with one attached hydrogen (secondary N) is 1. The summed E-state index contributed by atoms with van der Waals surface area (Å²) >= 11 is 12.2. The zero-order valence-electron chi connectivity index (χ0n) is 14.7. The number of rotatable bonds is 3. The fraction of sp³-hybridized carbons (Fsp3) is 0.250. The van der Waals surface area contributed by atoms with E-state index in [2.05, 4.69) is 5.32 Å². The zero-order valence-corrected chi connectivity index (χ0v) is 16.2. The van der Waals surface area contributed by atoms with Gasteiger partial charge in [0.25, 0.3) is 11.8 Å². The summed E-state index contributed by atoms with van der Waals surface area (Å²) in [6.45, 7) is 0. The van der Waals surface area contributed by atoms with Crippen LogP contribution in [0.15, 0.2) is 40.3 Å². The van der Waals surface area contributed by atoms with Crippen molar-refractivity contribution in [2.75, 3.05) is 0 Å². The average Bonchev–Trinajstić information content (AvgIpc) is 3.33. The minimum atomic E-state index is -0.733. The van der Waals surface area contributed by atoms with Gasteiger partial charge in [0, 0.05) is 16.6 Å². The summed E-state index contributed by atoms with van der Waals surface area (Å²) in [5.41, 5.74) is 0.464. The SMILES string of the molecule is O=C1NC(=O)N(C2CCCC2)C(=O)/C1=C\c1ccc(-c2cc(Cl)ccc2Cl)o1. The van der Waals surface area contributed by atoms with Crippen LogP contribution in [0.1, 0.15) is 31.4 Å². The molecular formula is C20H16Cl2N2O4. The lowest BCUT2D eigenvalue weighted by atomic mass is 10.1. The van der Waals surface area contributed by atoms with Crippen molar-refractivity contribution >= 4 is 47.1 Å². The number of carbonyl (C=O) groups excluding carboxylic acids is 3. The van der Waals surface area contributed by atoms with Crippen LogP contribution in [-0.4, -0.2) is 28.8 Å². The van der Waals surface area contributed by atoms with Crippen LogP contribution in [0.3, 0.4) is 0 Å². The smallest absolute Gasteiger partial charge is 0.331 e. The highest BCUT2D eigenvalue weighted by Crippen LogP contribution is 2.33. The van der Waals surface area contributed by atoms with Gasteiger partial charge in [0.05, 0.1) is 5.02 Å². The second-order valence-corrected chi connectivity index (χ2v) is 7.60.